The number of nitrogen functional groups attached to an aromatic ring is 1. The van der Waals surface area contributed by atoms with Crippen molar-refractivity contribution >= 4 is 11.5 Å². The molecule has 18 heavy (non-hydrogen) atoms. The topological polar surface area (TPSA) is 73.1 Å². The summed E-state index contributed by atoms with van der Waals surface area (Å²) >= 11 is 0. The number of methoxy groups -OCH3 is 1. The number of rotatable bonds is 4. The maximum Gasteiger partial charge on any atom is 0.153 e. The molecule has 0 bridgehead atoms. The van der Waals surface area contributed by atoms with E-state index < -0.39 is 0 Å². The predicted octanol–water partition coefficient (Wildman–Crippen LogP) is 2.24. The van der Waals surface area contributed by atoms with Crippen molar-refractivity contribution in [2.45, 2.75) is 13.0 Å². The van der Waals surface area contributed by atoms with Crippen LogP contribution in [0, 0.1) is 0 Å². The maximum atomic E-state index is 5.79. The van der Waals surface area contributed by atoms with Gasteiger partial charge in [0, 0.05) is 0 Å². The van der Waals surface area contributed by atoms with E-state index in [0.29, 0.717) is 11.5 Å². The van der Waals surface area contributed by atoms with Crippen LogP contribution in [0.5, 0.6) is 5.75 Å². The van der Waals surface area contributed by atoms with Gasteiger partial charge in [-0.25, -0.2) is 9.97 Å². The second-order valence-corrected chi connectivity index (χ2v) is 3.97. The molecule has 3 N–H and O–H groups in total. The summed E-state index contributed by atoms with van der Waals surface area (Å²) in [5.41, 5.74) is 7.46. The summed E-state index contributed by atoms with van der Waals surface area (Å²) in [6.45, 7) is 2.04. The zero-order chi connectivity index (χ0) is 13.0. The molecule has 0 spiro atoms. The number of hydrogen-bond acceptors (Lipinski definition) is 5. The summed E-state index contributed by atoms with van der Waals surface area (Å²) in [6.07, 6.45) is 3.05. The van der Waals surface area contributed by atoms with E-state index in [1.54, 1.807) is 13.3 Å². The molecule has 5 nitrogen and oxygen atoms in total. The molecule has 0 amide bonds. The number of nitrogens with two attached hydrogens (primary N) is 1. The fourth-order valence-electron chi connectivity index (χ4n) is 1.64. The van der Waals surface area contributed by atoms with Gasteiger partial charge in [0.05, 0.1) is 25.0 Å². The van der Waals surface area contributed by atoms with Crippen LogP contribution in [0.4, 0.5) is 11.5 Å². The Hall–Kier alpha value is -2.30. The number of hydrogen-bond donors (Lipinski definition) is 2. The van der Waals surface area contributed by atoms with Crippen LogP contribution in [-0.2, 0) is 0 Å². The van der Waals surface area contributed by atoms with Crippen LogP contribution in [0.2, 0.25) is 0 Å². The molecule has 0 aliphatic carbocycles. The van der Waals surface area contributed by atoms with E-state index in [9.17, 15) is 0 Å². The monoisotopic (exact) mass is 244 g/mol. The van der Waals surface area contributed by atoms with E-state index in [0.717, 1.165) is 11.3 Å². The van der Waals surface area contributed by atoms with Gasteiger partial charge in [-0.2, -0.15) is 0 Å². The van der Waals surface area contributed by atoms with E-state index in [4.69, 9.17) is 10.5 Å². The molecular formula is C13H16N4O. The lowest BCUT2D eigenvalue weighted by Crippen LogP contribution is -2.10. The van der Waals surface area contributed by atoms with Crippen LogP contribution >= 0.6 is 0 Å². The van der Waals surface area contributed by atoms with Gasteiger partial charge >= 0.3 is 0 Å². The minimum Gasteiger partial charge on any atom is -0.497 e. The highest BCUT2D eigenvalue weighted by molar-refractivity contribution is 5.59. The number of nitrogens with one attached hydrogen (secondary N) is 1. The summed E-state index contributed by atoms with van der Waals surface area (Å²) in [5, 5.41) is 3.25. The van der Waals surface area contributed by atoms with Gasteiger partial charge < -0.3 is 15.8 Å². The third kappa shape index (κ3) is 2.68. The molecule has 2 rings (SSSR count). The van der Waals surface area contributed by atoms with Crippen molar-refractivity contribution in [2.75, 3.05) is 18.2 Å². The molecule has 0 aliphatic heterocycles. The Morgan fingerprint density at radius 2 is 2.00 bits per heavy atom. The number of nitrogens with zero attached hydrogens (tertiary/aromatic N) is 2. The average molecular weight is 244 g/mol. The van der Waals surface area contributed by atoms with E-state index in [2.05, 4.69) is 15.3 Å². The number of ether oxygens (including phenoxy) is 1. The van der Waals surface area contributed by atoms with Crippen LogP contribution in [0.15, 0.2) is 36.8 Å². The third-order valence-corrected chi connectivity index (χ3v) is 2.71. The third-order valence-electron chi connectivity index (χ3n) is 2.71. The van der Waals surface area contributed by atoms with Crippen molar-refractivity contribution in [2.24, 2.45) is 0 Å². The smallest absolute Gasteiger partial charge is 0.153 e. The van der Waals surface area contributed by atoms with Crippen molar-refractivity contribution in [3.63, 3.8) is 0 Å². The summed E-state index contributed by atoms with van der Waals surface area (Å²) in [5.74, 6) is 1.49. The normalized spacial score (nSPS) is 11.9. The molecule has 94 valence electrons. The van der Waals surface area contributed by atoms with Crippen LogP contribution in [0.25, 0.3) is 0 Å². The summed E-state index contributed by atoms with van der Waals surface area (Å²) in [7, 11) is 1.65. The molecule has 0 saturated heterocycles. The average Bonchev–Trinajstić information content (AvgIpc) is 2.41. The second-order valence-electron chi connectivity index (χ2n) is 3.97. The highest BCUT2D eigenvalue weighted by Gasteiger charge is 2.08. The standard InChI is InChI=1S/C13H16N4O/c1-9(10-3-5-11(18-2)6-4-10)17-13-12(14)7-15-8-16-13/h3-9H,14H2,1-2H3,(H,15,16,17). The fraction of sp³-hybridized carbons (Fsp3) is 0.231. The fourth-order valence-corrected chi connectivity index (χ4v) is 1.64. The first kappa shape index (κ1) is 12.2. The van der Waals surface area contributed by atoms with Crippen molar-refractivity contribution in [3.05, 3.63) is 42.4 Å². The van der Waals surface area contributed by atoms with Crippen molar-refractivity contribution < 1.29 is 4.74 Å². The van der Waals surface area contributed by atoms with Gasteiger partial charge in [0.1, 0.15) is 12.1 Å². The zero-order valence-electron chi connectivity index (χ0n) is 10.4. The Balaban J connectivity index is 2.11. The lowest BCUT2D eigenvalue weighted by molar-refractivity contribution is 0.414. The molecule has 1 heterocycles. The van der Waals surface area contributed by atoms with Gasteiger partial charge in [-0.05, 0) is 24.6 Å². The van der Waals surface area contributed by atoms with E-state index >= 15 is 0 Å². The Morgan fingerprint density at radius 1 is 1.28 bits per heavy atom. The number of anilines is 2. The first-order chi connectivity index (χ1) is 8.70. The highest BCUT2D eigenvalue weighted by atomic mass is 16.5. The maximum absolute atomic E-state index is 5.79. The van der Waals surface area contributed by atoms with Crippen molar-refractivity contribution in [1.29, 1.82) is 0 Å². The van der Waals surface area contributed by atoms with E-state index in [1.165, 1.54) is 6.33 Å². The molecule has 0 radical (unpaired) electrons. The minimum absolute atomic E-state index is 0.105. The molecule has 2 aromatic rings. The Morgan fingerprint density at radius 3 is 2.61 bits per heavy atom. The lowest BCUT2D eigenvalue weighted by Gasteiger charge is -2.16. The lowest BCUT2D eigenvalue weighted by atomic mass is 10.1. The first-order valence-electron chi connectivity index (χ1n) is 5.66. The van der Waals surface area contributed by atoms with Crippen molar-refractivity contribution in [3.8, 4) is 5.75 Å². The zero-order valence-corrected chi connectivity index (χ0v) is 10.4. The first-order valence-corrected chi connectivity index (χ1v) is 5.66. The quantitative estimate of drug-likeness (QED) is 0.862. The minimum atomic E-state index is 0.105. The molecule has 0 saturated carbocycles. The molecule has 1 atom stereocenters. The molecule has 0 fully saturated rings. The highest BCUT2D eigenvalue weighted by Crippen LogP contribution is 2.22. The number of benzene rings is 1. The molecule has 1 aromatic carbocycles. The van der Waals surface area contributed by atoms with Gasteiger partial charge in [-0.3, -0.25) is 0 Å². The Bertz CT molecular complexity index is 513. The van der Waals surface area contributed by atoms with E-state index in [-0.39, 0.29) is 6.04 Å². The largest absolute Gasteiger partial charge is 0.497 e. The van der Waals surface area contributed by atoms with Gasteiger partial charge in [0.2, 0.25) is 0 Å². The summed E-state index contributed by atoms with van der Waals surface area (Å²) in [4.78, 5) is 7.96. The Kier molecular flexibility index (Phi) is 3.62. The molecule has 0 aliphatic rings. The van der Waals surface area contributed by atoms with Gasteiger partial charge in [-0.1, -0.05) is 12.1 Å². The molecular weight excluding hydrogens is 228 g/mol. The van der Waals surface area contributed by atoms with Gasteiger partial charge in [-0.15, -0.1) is 0 Å². The van der Waals surface area contributed by atoms with Gasteiger partial charge in [0.15, 0.2) is 5.82 Å². The summed E-state index contributed by atoms with van der Waals surface area (Å²) < 4.78 is 5.13. The number of aromatic nitrogens is 2. The summed E-state index contributed by atoms with van der Waals surface area (Å²) in [6, 6.07) is 7.98. The van der Waals surface area contributed by atoms with Crippen LogP contribution < -0.4 is 15.8 Å². The molecule has 1 aromatic heterocycles. The predicted molar refractivity (Wildman–Crippen MR) is 71.5 cm³/mol. The molecule has 1 unspecified atom stereocenters. The van der Waals surface area contributed by atoms with Crippen LogP contribution in [0.1, 0.15) is 18.5 Å². The van der Waals surface area contributed by atoms with Crippen LogP contribution in [-0.4, -0.2) is 17.1 Å². The van der Waals surface area contributed by atoms with Crippen LogP contribution in [0.3, 0.4) is 0 Å². The molecule has 5 heteroatoms. The van der Waals surface area contributed by atoms with Crippen molar-refractivity contribution in [1.82, 2.24) is 9.97 Å². The van der Waals surface area contributed by atoms with E-state index in [1.807, 2.05) is 31.2 Å². The van der Waals surface area contributed by atoms with Gasteiger partial charge in [0.25, 0.3) is 0 Å². The Labute approximate surface area is 106 Å². The second kappa shape index (κ2) is 5.35. The SMILES string of the molecule is COc1ccc(C(C)Nc2ncncc2N)cc1.